The van der Waals surface area contributed by atoms with Crippen LogP contribution in [0.2, 0.25) is 0 Å². The molecule has 0 fully saturated rings. The van der Waals surface area contributed by atoms with Gasteiger partial charge in [0.25, 0.3) is 0 Å². The first-order chi connectivity index (χ1) is 9.74. The van der Waals surface area contributed by atoms with Gasteiger partial charge in [-0.05, 0) is 40.2 Å². The largest absolute Gasteiger partial charge is 0.463 e. The predicted octanol–water partition coefficient (Wildman–Crippen LogP) is 3.97. The molecule has 0 spiro atoms. The summed E-state index contributed by atoms with van der Waals surface area (Å²) in [5.41, 5.74) is 0. The highest BCUT2D eigenvalue weighted by atomic mass is 79.9. The van der Waals surface area contributed by atoms with Crippen LogP contribution in [0.1, 0.15) is 26.7 Å². The Bertz CT molecular complexity index is 535. The number of hydrogen-bond acceptors (Lipinski definition) is 6. The van der Waals surface area contributed by atoms with Crippen molar-refractivity contribution in [3.63, 3.8) is 0 Å². The zero-order valence-corrected chi connectivity index (χ0v) is 13.9. The van der Waals surface area contributed by atoms with E-state index in [1.165, 1.54) is 0 Å². The maximum absolute atomic E-state index is 5.54. The molecule has 0 bridgehead atoms. The number of nitrogens with one attached hydrogen (secondary N) is 1. The molecule has 108 valence electrons. The van der Waals surface area contributed by atoms with Crippen LogP contribution in [-0.2, 0) is 0 Å². The van der Waals surface area contributed by atoms with Crippen LogP contribution in [0.15, 0.2) is 15.9 Å². The van der Waals surface area contributed by atoms with E-state index in [0.717, 1.165) is 28.7 Å². The Labute approximate surface area is 131 Å². The Morgan fingerprint density at radius 1 is 1.25 bits per heavy atom. The van der Waals surface area contributed by atoms with Crippen molar-refractivity contribution >= 4 is 33.2 Å². The number of halogens is 1. The van der Waals surface area contributed by atoms with Crippen LogP contribution in [0.4, 0.5) is 5.95 Å². The number of anilines is 1. The molecular formula is C13H17BrN4OS. The van der Waals surface area contributed by atoms with Gasteiger partial charge in [0.1, 0.15) is 0 Å². The molecule has 0 aliphatic heterocycles. The van der Waals surface area contributed by atoms with E-state index < -0.39 is 0 Å². The number of hydrogen-bond donors (Lipinski definition) is 1. The summed E-state index contributed by atoms with van der Waals surface area (Å²) in [6, 6.07) is 2.35. The Morgan fingerprint density at radius 3 is 2.75 bits per heavy atom. The fraction of sp³-hybridized carbons (Fsp3) is 0.462. The molecule has 0 atom stereocenters. The molecule has 2 heterocycles. The van der Waals surface area contributed by atoms with Gasteiger partial charge in [-0.2, -0.15) is 15.0 Å². The lowest BCUT2D eigenvalue weighted by atomic mass is 10.4. The molecule has 2 rings (SSSR count). The maximum Gasteiger partial charge on any atom is 0.321 e. The molecule has 0 aliphatic rings. The first-order valence-electron chi connectivity index (χ1n) is 6.60. The number of ether oxygens (including phenoxy) is 1. The van der Waals surface area contributed by atoms with Crippen molar-refractivity contribution in [1.29, 1.82) is 0 Å². The van der Waals surface area contributed by atoms with Crippen molar-refractivity contribution in [2.75, 3.05) is 18.5 Å². The number of rotatable bonds is 7. The average Bonchev–Trinajstić information content (AvgIpc) is 2.89. The van der Waals surface area contributed by atoms with Gasteiger partial charge in [0.15, 0.2) is 5.82 Å². The molecule has 0 radical (unpaired) electrons. The minimum atomic E-state index is 0.371. The Morgan fingerprint density at radius 2 is 2.10 bits per heavy atom. The molecule has 2 aromatic rings. The zero-order chi connectivity index (χ0) is 14.4. The summed E-state index contributed by atoms with van der Waals surface area (Å²) in [4.78, 5) is 14.1. The minimum Gasteiger partial charge on any atom is -0.463 e. The lowest BCUT2D eigenvalue weighted by Crippen LogP contribution is -2.09. The van der Waals surface area contributed by atoms with Gasteiger partial charge < -0.3 is 10.1 Å². The molecule has 5 nitrogen and oxygen atoms in total. The second-order valence-corrected chi connectivity index (χ2v) is 5.91. The number of nitrogens with zero attached hydrogens (tertiary/aromatic N) is 3. The molecule has 7 heteroatoms. The van der Waals surface area contributed by atoms with E-state index >= 15 is 0 Å². The summed E-state index contributed by atoms with van der Waals surface area (Å²) in [5, 5.41) is 5.18. The highest BCUT2D eigenvalue weighted by molar-refractivity contribution is 9.10. The van der Waals surface area contributed by atoms with Crippen LogP contribution in [0.25, 0.3) is 10.7 Å². The molecule has 0 unspecified atom stereocenters. The van der Waals surface area contributed by atoms with Gasteiger partial charge in [0.05, 0.1) is 11.5 Å². The van der Waals surface area contributed by atoms with Gasteiger partial charge in [-0.1, -0.05) is 13.8 Å². The van der Waals surface area contributed by atoms with Crippen molar-refractivity contribution in [2.24, 2.45) is 0 Å². The number of aromatic nitrogens is 3. The zero-order valence-electron chi connectivity index (χ0n) is 11.5. The highest BCUT2D eigenvalue weighted by Crippen LogP contribution is 2.32. The van der Waals surface area contributed by atoms with Crippen LogP contribution >= 0.6 is 27.3 Å². The Balaban J connectivity index is 2.32. The molecule has 0 aromatic carbocycles. The van der Waals surface area contributed by atoms with Crippen LogP contribution in [0, 0.1) is 0 Å². The summed E-state index contributed by atoms with van der Waals surface area (Å²) in [6.07, 6.45) is 1.93. The molecule has 0 amide bonds. The Kier molecular flexibility index (Phi) is 5.72. The molecule has 2 aromatic heterocycles. The summed E-state index contributed by atoms with van der Waals surface area (Å²) in [5.74, 6) is 1.19. The van der Waals surface area contributed by atoms with Crippen molar-refractivity contribution in [2.45, 2.75) is 26.7 Å². The van der Waals surface area contributed by atoms with Crippen LogP contribution in [-0.4, -0.2) is 28.1 Å². The van der Waals surface area contributed by atoms with E-state index in [9.17, 15) is 0 Å². The van der Waals surface area contributed by atoms with Crippen molar-refractivity contribution in [3.05, 3.63) is 15.9 Å². The third kappa shape index (κ3) is 3.89. The molecule has 0 saturated heterocycles. The summed E-state index contributed by atoms with van der Waals surface area (Å²) in [6.45, 7) is 5.57. The third-order valence-corrected chi connectivity index (χ3v) is 4.24. The van der Waals surface area contributed by atoms with E-state index in [1.54, 1.807) is 11.3 Å². The van der Waals surface area contributed by atoms with Crippen molar-refractivity contribution in [3.8, 4) is 16.7 Å². The molecule has 20 heavy (non-hydrogen) atoms. The van der Waals surface area contributed by atoms with Gasteiger partial charge in [-0.25, -0.2) is 0 Å². The minimum absolute atomic E-state index is 0.371. The average molecular weight is 357 g/mol. The van der Waals surface area contributed by atoms with Crippen molar-refractivity contribution < 1.29 is 4.74 Å². The van der Waals surface area contributed by atoms with E-state index in [-0.39, 0.29) is 0 Å². The van der Waals surface area contributed by atoms with Gasteiger partial charge in [-0.15, -0.1) is 11.3 Å². The predicted molar refractivity (Wildman–Crippen MR) is 85.4 cm³/mol. The van der Waals surface area contributed by atoms with E-state index in [2.05, 4.69) is 43.1 Å². The smallest absolute Gasteiger partial charge is 0.321 e. The van der Waals surface area contributed by atoms with E-state index in [4.69, 9.17) is 4.74 Å². The third-order valence-electron chi connectivity index (χ3n) is 2.40. The first kappa shape index (κ1) is 15.2. The molecule has 1 N–H and O–H groups in total. The quantitative estimate of drug-likeness (QED) is 0.812. The topological polar surface area (TPSA) is 59.9 Å². The lowest BCUT2D eigenvalue weighted by Gasteiger charge is -2.08. The van der Waals surface area contributed by atoms with Crippen LogP contribution in [0.3, 0.4) is 0 Å². The van der Waals surface area contributed by atoms with E-state index in [0.29, 0.717) is 24.4 Å². The maximum atomic E-state index is 5.54. The SMILES string of the molecule is CCCNc1nc(OCCC)nc(-c2sccc2Br)n1. The Hall–Kier alpha value is -1.21. The van der Waals surface area contributed by atoms with Gasteiger partial charge in [0.2, 0.25) is 5.95 Å². The van der Waals surface area contributed by atoms with E-state index in [1.807, 2.05) is 18.4 Å². The monoisotopic (exact) mass is 356 g/mol. The first-order valence-corrected chi connectivity index (χ1v) is 8.28. The molecule has 0 saturated carbocycles. The summed E-state index contributed by atoms with van der Waals surface area (Å²) in [7, 11) is 0. The fourth-order valence-corrected chi connectivity index (χ4v) is 2.97. The van der Waals surface area contributed by atoms with Gasteiger partial charge >= 0.3 is 6.01 Å². The van der Waals surface area contributed by atoms with Crippen molar-refractivity contribution in [1.82, 2.24) is 15.0 Å². The fourth-order valence-electron chi connectivity index (χ4n) is 1.49. The highest BCUT2D eigenvalue weighted by Gasteiger charge is 2.13. The number of thiophene rings is 1. The summed E-state index contributed by atoms with van der Waals surface area (Å²) < 4.78 is 6.52. The lowest BCUT2D eigenvalue weighted by molar-refractivity contribution is 0.292. The standard InChI is InChI=1S/C13H17BrN4OS/c1-3-6-15-12-16-11(10-9(14)5-8-20-10)17-13(18-12)19-7-4-2/h5,8H,3-4,6-7H2,1-2H3,(H,15,16,17,18). The van der Waals surface area contributed by atoms with Crippen LogP contribution in [0.5, 0.6) is 6.01 Å². The van der Waals surface area contributed by atoms with Gasteiger partial charge in [-0.3, -0.25) is 0 Å². The summed E-state index contributed by atoms with van der Waals surface area (Å²) >= 11 is 5.09. The second-order valence-electron chi connectivity index (χ2n) is 4.14. The second kappa shape index (κ2) is 7.54. The molecule has 0 aliphatic carbocycles. The molecular weight excluding hydrogens is 340 g/mol. The normalized spacial score (nSPS) is 10.6. The van der Waals surface area contributed by atoms with Crippen LogP contribution < -0.4 is 10.1 Å². The van der Waals surface area contributed by atoms with Gasteiger partial charge in [0, 0.05) is 11.0 Å².